The fraction of sp³-hybridized carbons (Fsp3) is 0.591. The van der Waals surface area contributed by atoms with E-state index in [4.69, 9.17) is 4.99 Å². The fourth-order valence-corrected chi connectivity index (χ4v) is 4.12. The minimum absolute atomic E-state index is 0. The SMILES string of the molecule is Cc1nnc(CN=C(NCC2(c3cccc(F)c3)CC2)NC2CCCCC2)n1C.I. The minimum Gasteiger partial charge on any atom is -0.355 e. The average Bonchev–Trinajstić information content (AvgIpc) is 3.46. The van der Waals surface area contributed by atoms with Crippen molar-refractivity contribution in [2.24, 2.45) is 12.0 Å². The Morgan fingerprint density at radius 1 is 1.23 bits per heavy atom. The summed E-state index contributed by atoms with van der Waals surface area (Å²) < 4.78 is 15.7. The van der Waals surface area contributed by atoms with Crippen LogP contribution in [0.2, 0.25) is 0 Å². The van der Waals surface area contributed by atoms with Gasteiger partial charge in [0.25, 0.3) is 0 Å². The zero-order chi connectivity index (χ0) is 20.3. The van der Waals surface area contributed by atoms with E-state index >= 15 is 0 Å². The second-order valence-corrected chi connectivity index (χ2v) is 8.51. The summed E-state index contributed by atoms with van der Waals surface area (Å²) in [4.78, 5) is 4.80. The summed E-state index contributed by atoms with van der Waals surface area (Å²) in [5.74, 6) is 2.38. The van der Waals surface area contributed by atoms with Gasteiger partial charge in [-0.1, -0.05) is 31.4 Å². The second-order valence-electron chi connectivity index (χ2n) is 8.51. The standard InChI is InChI=1S/C22H31FN6.HI/c1-16-27-28-20(29(16)2)14-24-21(26-19-9-4-3-5-10-19)25-15-22(11-12-22)17-7-6-8-18(23)13-17;/h6-8,13,19H,3-5,9-12,14-15H2,1-2H3,(H2,24,25,26);1H. The fourth-order valence-electron chi connectivity index (χ4n) is 4.12. The van der Waals surface area contributed by atoms with E-state index in [1.54, 1.807) is 12.1 Å². The summed E-state index contributed by atoms with van der Waals surface area (Å²) >= 11 is 0. The Bertz CT molecular complexity index is 870. The van der Waals surface area contributed by atoms with E-state index in [9.17, 15) is 4.39 Å². The third kappa shape index (κ3) is 5.50. The molecule has 0 radical (unpaired) electrons. The molecule has 0 saturated heterocycles. The third-order valence-corrected chi connectivity index (χ3v) is 6.39. The van der Waals surface area contributed by atoms with Crippen molar-refractivity contribution in [1.29, 1.82) is 0 Å². The van der Waals surface area contributed by atoms with Crippen LogP contribution in [0.3, 0.4) is 0 Å². The lowest BCUT2D eigenvalue weighted by Crippen LogP contribution is -2.46. The maximum atomic E-state index is 13.7. The molecule has 6 nitrogen and oxygen atoms in total. The molecule has 0 atom stereocenters. The molecular weight excluding hydrogens is 494 g/mol. The Hall–Kier alpha value is -1.71. The first-order chi connectivity index (χ1) is 14.1. The Morgan fingerprint density at radius 2 is 2.00 bits per heavy atom. The lowest BCUT2D eigenvalue weighted by molar-refractivity contribution is 0.409. The maximum absolute atomic E-state index is 13.7. The van der Waals surface area contributed by atoms with Crippen LogP contribution in [-0.2, 0) is 19.0 Å². The Labute approximate surface area is 195 Å². The van der Waals surface area contributed by atoms with Crippen molar-refractivity contribution in [2.75, 3.05) is 6.54 Å². The van der Waals surface area contributed by atoms with Gasteiger partial charge < -0.3 is 15.2 Å². The van der Waals surface area contributed by atoms with E-state index in [0.29, 0.717) is 12.6 Å². The molecule has 2 saturated carbocycles. The van der Waals surface area contributed by atoms with Gasteiger partial charge in [0.15, 0.2) is 11.8 Å². The van der Waals surface area contributed by atoms with E-state index in [-0.39, 0.29) is 35.2 Å². The predicted octanol–water partition coefficient (Wildman–Crippen LogP) is 3.98. The Morgan fingerprint density at radius 3 is 2.63 bits per heavy atom. The van der Waals surface area contributed by atoms with Crippen LogP contribution in [0.15, 0.2) is 29.3 Å². The summed E-state index contributed by atoms with van der Waals surface area (Å²) in [6.45, 7) is 3.18. The number of aromatic nitrogens is 3. The molecule has 0 amide bonds. The maximum Gasteiger partial charge on any atom is 0.191 e. The summed E-state index contributed by atoms with van der Waals surface area (Å²) in [5, 5.41) is 15.5. The number of nitrogens with zero attached hydrogens (tertiary/aromatic N) is 4. The highest BCUT2D eigenvalue weighted by atomic mass is 127. The van der Waals surface area contributed by atoms with Crippen LogP contribution in [0.4, 0.5) is 4.39 Å². The Kier molecular flexibility index (Phi) is 7.70. The third-order valence-electron chi connectivity index (χ3n) is 6.39. The van der Waals surface area contributed by atoms with Gasteiger partial charge in [-0.15, -0.1) is 34.2 Å². The molecule has 0 bridgehead atoms. The van der Waals surface area contributed by atoms with Crippen LogP contribution < -0.4 is 10.6 Å². The lowest BCUT2D eigenvalue weighted by atomic mass is 9.95. The monoisotopic (exact) mass is 526 g/mol. The molecule has 30 heavy (non-hydrogen) atoms. The summed E-state index contributed by atoms with van der Waals surface area (Å²) in [6, 6.07) is 7.47. The van der Waals surface area contributed by atoms with Crippen LogP contribution in [0, 0.1) is 12.7 Å². The summed E-state index contributed by atoms with van der Waals surface area (Å²) in [5.41, 5.74) is 1.09. The van der Waals surface area contributed by atoms with Crippen molar-refractivity contribution < 1.29 is 4.39 Å². The molecule has 0 spiro atoms. The molecule has 1 aromatic heterocycles. The van der Waals surface area contributed by atoms with Gasteiger partial charge in [0.2, 0.25) is 0 Å². The van der Waals surface area contributed by atoms with Gasteiger partial charge in [0.05, 0.1) is 0 Å². The highest BCUT2D eigenvalue weighted by molar-refractivity contribution is 14.0. The van der Waals surface area contributed by atoms with E-state index in [1.807, 2.05) is 24.6 Å². The van der Waals surface area contributed by atoms with Gasteiger partial charge in [0.1, 0.15) is 18.2 Å². The number of halogens is 2. The number of aliphatic imine (C=N–C) groups is 1. The van der Waals surface area contributed by atoms with Crippen LogP contribution in [-0.4, -0.2) is 33.3 Å². The number of hydrogen-bond acceptors (Lipinski definition) is 3. The van der Waals surface area contributed by atoms with Crippen LogP contribution in [0.1, 0.15) is 62.2 Å². The molecule has 8 heteroatoms. The molecule has 2 aliphatic carbocycles. The predicted molar refractivity (Wildman–Crippen MR) is 128 cm³/mol. The number of rotatable bonds is 6. The molecule has 0 unspecified atom stereocenters. The second kappa shape index (κ2) is 10.1. The van der Waals surface area contributed by atoms with Gasteiger partial charge in [0, 0.05) is 25.0 Å². The van der Waals surface area contributed by atoms with Gasteiger partial charge in [-0.05, 0) is 50.3 Å². The van der Waals surface area contributed by atoms with Crippen molar-refractivity contribution in [3.63, 3.8) is 0 Å². The molecule has 2 aliphatic rings. The number of nitrogens with one attached hydrogen (secondary N) is 2. The molecule has 0 aliphatic heterocycles. The molecule has 2 fully saturated rings. The first-order valence-corrected chi connectivity index (χ1v) is 10.7. The molecule has 1 heterocycles. The zero-order valence-electron chi connectivity index (χ0n) is 17.8. The van der Waals surface area contributed by atoms with Gasteiger partial charge in [-0.2, -0.15) is 0 Å². The van der Waals surface area contributed by atoms with Crippen molar-refractivity contribution >= 4 is 29.9 Å². The summed E-state index contributed by atoms with van der Waals surface area (Å²) in [6.07, 6.45) is 8.35. The molecule has 2 N–H and O–H groups in total. The van der Waals surface area contributed by atoms with E-state index < -0.39 is 0 Å². The van der Waals surface area contributed by atoms with Crippen LogP contribution >= 0.6 is 24.0 Å². The topological polar surface area (TPSA) is 67.1 Å². The van der Waals surface area contributed by atoms with Crippen LogP contribution in [0.5, 0.6) is 0 Å². The van der Waals surface area contributed by atoms with Crippen LogP contribution in [0.25, 0.3) is 0 Å². The molecule has 164 valence electrons. The highest BCUT2D eigenvalue weighted by Crippen LogP contribution is 2.47. The van der Waals surface area contributed by atoms with Crippen molar-refractivity contribution in [3.05, 3.63) is 47.3 Å². The van der Waals surface area contributed by atoms with Gasteiger partial charge in [-0.3, -0.25) is 0 Å². The van der Waals surface area contributed by atoms with E-state index in [1.165, 1.54) is 38.2 Å². The molecular formula is C22H32FIN6. The first-order valence-electron chi connectivity index (χ1n) is 10.7. The number of aryl methyl sites for hydroxylation is 1. The average molecular weight is 526 g/mol. The number of hydrogen-bond donors (Lipinski definition) is 2. The molecule has 2 aromatic rings. The van der Waals surface area contributed by atoms with E-state index in [0.717, 1.165) is 42.6 Å². The van der Waals surface area contributed by atoms with Crippen molar-refractivity contribution in [3.8, 4) is 0 Å². The van der Waals surface area contributed by atoms with Crippen molar-refractivity contribution in [1.82, 2.24) is 25.4 Å². The highest BCUT2D eigenvalue weighted by Gasteiger charge is 2.44. The first kappa shape index (κ1) is 23.0. The zero-order valence-corrected chi connectivity index (χ0v) is 20.2. The smallest absolute Gasteiger partial charge is 0.191 e. The number of benzene rings is 1. The lowest BCUT2D eigenvalue weighted by Gasteiger charge is -2.26. The normalized spacial score (nSPS) is 18.6. The summed E-state index contributed by atoms with van der Waals surface area (Å²) in [7, 11) is 1.96. The van der Waals surface area contributed by atoms with E-state index in [2.05, 4.69) is 20.8 Å². The quantitative estimate of drug-likeness (QED) is 0.340. The molecule has 4 rings (SSSR count). The number of guanidine groups is 1. The molecule has 1 aromatic carbocycles. The van der Waals surface area contributed by atoms with Crippen molar-refractivity contribution in [2.45, 2.75) is 69.9 Å². The minimum atomic E-state index is -0.166. The van der Waals surface area contributed by atoms with Gasteiger partial charge >= 0.3 is 0 Å². The Balaban J connectivity index is 0.00000256. The largest absolute Gasteiger partial charge is 0.355 e. The van der Waals surface area contributed by atoms with Gasteiger partial charge in [-0.25, -0.2) is 9.38 Å².